The number of hydrogen-bond donors (Lipinski definition) is 0. The first-order valence-electron chi connectivity index (χ1n) is 9.67. The van der Waals surface area contributed by atoms with Crippen LogP contribution in [0.3, 0.4) is 0 Å². The molecule has 4 heteroatoms. The van der Waals surface area contributed by atoms with Crippen LogP contribution in [0.5, 0.6) is 0 Å². The maximum Gasteiger partial charge on any atom is 0.266 e. The summed E-state index contributed by atoms with van der Waals surface area (Å²) in [4.78, 5) is 20.1. The van der Waals surface area contributed by atoms with Crippen molar-refractivity contribution in [2.75, 3.05) is 6.54 Å². The molecule has 28 heavy (non-hydrogen) atoms. The molecule has 0 unspecified atom stereocenters. The van der Waals surface area contributed by atoms with Gasteiger partial charge in [0.25, 0.3) is 5.91 Å². The molecule has 1 aliphatic heterocycles. The Balaban J connectivity index is 1.92. The summed E-state index contributed by atoms with van der Waals surface area (Å²) in [6, 6.07) is 14.7. The van der Waals surface area contributed by atoms with Crippen LogP contribution in [-0.2, 0) is 10.2 Å². The fraction of sp³-hybridized carbons (Fsp3) is 0.333. The Bertz CT molecular complexity index is 950. The summed E-state index contributed by atoms with van der Waals surface area (Å²) in [5, 5.41) is 0.749. The van der Waals surface area contributed by atoms with Crippen molar-refractivity contribution >= 4 is 34.6 Å². The molecule has 3 nitrogen and oxygen atoms in total. The number of nitrogens with zero attached hydrogens (tertiary/aromatic N) is 2. The van der Waals surface area contributed by atoms with Crippen LogP contribution in [-0.4, -0.2) is 22.5 Å². The highest BCUT2D eigenvalue weighted by Crippen LogP contribution is 2.35. The average Bonchev–Trinajstić information content (AvgIpc) is 2.92. The monoisotopic (exact) mass is 392 g/mol. The minimum absolute atomic E-state index is 0.0245. The summed E-state index contributed by atoms with van der Waals surface area (Å²) < 4.78 is 0. The second-order valence-corrected chi connectivity index (χ2v) is 9.23. The first-order chi connectivity index (χ1) is 13.2. The molecule has 3 rings (SSSR count). The Morgan fingerprint density at radius 3 is 2.36 bits per heavy atom. The van der Waals surface area contributed by atoms with E-state index in [4.69, 9.17) is 4.99 Å². The van der Waals surface area contributed by atoms with E-state index in [0.717, 1.165) is 32.5 Å². The number of aryl methyl sites for hydroxylation is 2. The number of benzene rings is 2. The Kier molecular flexibility index (Phi) is 5.80. The van der Waals surface area contributed by atoms with E-state index in [-0.39, 0.29) is 11.3 Å². The molecular weight excluding hydrogens is 364 g/mol. The molecule has 1 saturated heterocycles. The zero-order valence-electron chi connectivity index (χ0n) is 17.5. The maximum atomic E-state index is 12.9. The SMILES string of the molecule is CCN1C(=O)/C(=C\c2ccc(C(C)(C)C)cc2)SC1=Nc1cc(C)ccc1C. The van der Waals surface area contributed by atoms with E-state index in [1.165, 1.54) is 17.3 Å². The highest BCUT2D eigenvalue weighted by atomic mass is 32.2. The van der Waals surface area contributed by atoms with E-state index in [0.29, 0.717) is 6.54 Å². The number of carbonyl (C=O) groups is 1. The second-order valence-electron chi connectivity index (χ2n) is 8.22. The van der Waals surface area contributed by atoms with Crippen molar-refractivity contribution in [1.29, 1.82) is 0 Å². The fourth-order valence-corrected chi connectivity index (χ4v) is 4.10. The number of rotatable bonds is 3. The zero-order chi connectivity index (χ0) is 20.5. The molecule has 0 spiro atoms. The Labute approximate surface area is 172 Å². The molecule has 0 aliphatic carbocycles. The summed E-state index contributed by atoms with van der Waals surface area (Å²) in [6.07, 6.45) is 1.97. The molecule has 1 heterocycles. The highest BCUT2D eigenvalue weighted by Gasteiger charge is 2.32. The van der Waals surface area contributed by atoms with E-state index in [1.807, 2.05) is 19.9 Å². The van der Waals surface area contributed by atoms with E-state index >= 15 is 0 Å². The molecule has 0 atom stereocenters. The van der Waals surface area contributed by atoms with Crippen molar-refractivity contribution in [3.05, 3.63) is 69.6 Å². The number of carbonyl (C=O) groups excluding carboxylic acids is 1. The molecule has 0 radical (unpaired) electrons. The Hall–Kier alpha value is -2.33. The second kappa shape index (κ2) is 7.96. The Morgan fingerprint density at radius 2 is 1.75 bits per heavy atom. The summed E-state index contributed by atoms with van der Waals surface area (Å²) >= 11 is 1.45. The van der Waals surface area contributed by atoms with Crippen LogP contribution in [0, 0.1) is 13.8 Å². The molecule has 1 amide bonds. The minimum Gasteiger partial charge on any atom is -0.287 e. The van der Waals surface area contributed by atoms with Gasteiger partial charge in [-0.3, -0.25) is 9.69 Å². The average molecular weight is 393 g/mol. The first kappa shape index (κ1) is 20.4. The molecule has 0 aromatic heterocycles. The van der Waals surface area contributed by atoms with Gasteiger partial charge in [0.15, 0.2) is 5.17 Å². The van der Waals surface area contributed by atoms with Crippen molar-refractivity contribution in [1.82, 2.24) is 4.90 Å². The molecule has 0 bridgehead atoms. The number of amidine groups is 1. The fourth-order valence-electron chi connectivity index (χ4n) is 3.04. The number of likely N-dealkylation sites (N-methyl/N-ethyl adjacent to an activating group) is 1. The molecule has 2 aromatic carbocycles. The van der Waals surface area contributed by atoms with Crippen molar-refractivity contribution in [3.8, 4) is 0 Å². The maximum absolute atomic E-state index is 12.9. The summed E-state index contributed by atoms with van der Waals surface area (Å²) in [5.41, 5.74) is 5.63. The van der Waals surface area contributed by atoms with Gasteiger partial charge in [-0.2, -0.15) is 0 Å². The van der Waals surface area contributed by atoms with Gasteiger partial charge in [-0.05, 0) is 72.3 Å². The normalized spacial score (nSPS) is 17.8. The van der Waals surface area contributed by atoms with Gasteiger partial charge >= 0.3 is 0 Å². The standard InChI is InChI=1S/C24H28N2OS/c1-7-26-22(27)21(15-18-10-12-19(13-11-18)24(4,5)6)28-23(26)25-20-14-16(2)8-9-17(20)3/h8-15H,7H2,1-6H3/b21-15+,25-23?. The third kappa shape index (κ3) is 4.39. The van der Waals surface area contributed by atoms with Crippen molar-refractivity contribution < 1.29 is 4.79 Å². The molecular formula is C24H28N2OS. The van der Waals surface area contributed by atoms with Gasteiger partial charge in [-0.25, -0.2) is 4.99 Å². The molecule has 0 saturated carbocycles. The van der Waals surface area contributed by atoms with Gasteiger partial charge in [0, 0.05) is 6.54 Å². The van der Waals surface area contributed by atoms with Crippen molar-refractivity contribution in [3.63, 3.8) is 0 Å². The van der Waals surface area contributed by atoms with Crippen LogP contribution in [0.25, 0.3) is 6.08 Å². The molecule has 2 aromatic rings. The van der Waals surface area contributed by atoms with Crippen molar-refractivity contribution in [2.24, 2.45) is 4.99 Å². The molecule has 1 fully saturated rings. The largest absolute Gasteiger partial charge is 0.287 e. The first-order valence-corrected chi connectivity index (χ1v) is 10.5. The number of thioether (sulfide) groups is 1. The predicted molar refractivity (Wildman–Crippen MR) is 121 cm³/mol. The summed E-state index contributed by atoms with van der Waals surface area (Å²) in [6.45, 7) is 13.3. The van der Waals surface area contributed by atoms with Gasteiger partial charge < -0.3 is 0 Å². The minimum atomic E-state index is 0.0245. The van der Waals surface area contributed by atoms with Gasteiger partial charge in [0.05, 0.1) is 10.6 Å². The molecule has 146 valence electrons. The Morgan fingerprint density at radius 1 is 1.07 bits per heavy atom. The van der Waals surface area contributed by atoms with Gasteiger partial charge in [-0.15, -0.1) is 0 Å². The van der Waals surface area contributed by atoms with Crippen LogP contribution in [0.2, 0.25) is 0 Å². The lowest BCUT2D eigenvalue weighted by Crippen LogP contribution is -2.28. The lowest BCUT2D eigenvalue weighted by atomic mass is 9.87. The topological polar surface area (TPSA) is 32.7 Å². The van der Waals surface area contributed by atoms with Crippen LogP contribution >= 0.6 is 11.8 Å². The predicted octanol–water partition coefficient (Wildman–Crippen LogP) is 6.22. The van der Waals surface area contributed by atoms with E-state index in [9.17, 15) is 4.79 Å². The summed E-state index contributed by atoms with van der Waals surface area (Å²) in [5.74, 6) is 0.0245. The molecule has 0 N–H and O–H groups in total. The number of aliphatic imine (C=N–C) groups is 1. The van der Waals surface area contributed by atoms with Gasteiger partial charge in [-0.1, -0.05) is 57.2 Å². The zero-order valence-corrected chi connectivity index (χ0v) is 18.4. The van der Waals surface area contributed by atoms with E-state index < -0.39 is 0 Å². The third-order valence-corrected chi connectivity index (χ3v) is 5.87. The summed E-state index contributed by atoms with van der Waals surface area (Å²) in [7, 11) is 0. The third-order valence-electron chi connectivity index (χ3n) is 4.86. The van der Waals surface area contributed by atoms with Gasteiger partial charge in [0.1, 0.15) is 0 Å². The smallest absolute Gasteiger partial charge is 0.266 e. The van der Waals surface area contributed by atoms with Gasteiger partial charge in [0.2, 0.25) is 0 Å². The van der Waals surface area contributed by atoms with Crippen LogP contribution in [0.1, 0.15) is 49.9 Å². The lowest BCUT2D eigenvalue weighted by molar-refractivity contribution is -0.122. The number of hydrogen-bond acceptors (Lipinski definition) is 3. The van der Waals surface area contributed by atoms with E-state index in [2.05, 4.69) is 70.2 Å². The lowest BCUT2D eigenvalue weighted by Gasteiger charge is -2.18. The quantitative estimate of drug-likeness (QED) is 0.580. The van der Waals surface area contributed by atoms with Crippen LogP contribution in [0.4, 0.5) is 5.69 Å². The molecule has 1 aliphatic rings. The highest BCUT2D eigenvalue weighted by molar-refractivity contribution is 8.18. The van der Waals surface area contributed by atoms with Crippen molar-refractivity contribution in [2.45, 2.75) is 47.0 Å². The number of amides is 1. The van der Waals surface area contributed by atoms with Crippen LogP contribution in [0.15, 0.2) is 52.4 Å². The van der Waals surface area contributed by atoms with Crippen LogP contribution < -0.4 is 0 Å². The van der Waals surface area contributed by atoms with E-state index in [1.54, 1.807) is 4.90 Å².